The number of hydrogen-bond donors (Lipinski definition) is 6. The van der Waals surface area contributed by atoms with E-state index in [2.05, 4.69) is 5.32 Å². The summed E-state index contributed by atoms with van der Waals surface area (Å²) >= 11 is 6.08. The first-order chi connectivity index (χ1) is 15.9. The number of hydrogen-bond acceptors (Lipinski definition) is 7. The van der Waals surface area contributed by atoms with Crippen LogP contribution in [0.3, 0.4) is 0 Å². The van der Waals surface area contributed by atoms with Gasteiger partial charge in [0.15, 0.2) is 0 Å². The third kappa shape index (κ3) is 6.91. The van der Waals surface area contributed by atoms with Crippen molar-refractivity contribution < 1.29 is 29.7 Å². The number of amides is 2. The molecule has 0 radical (unpaired) electrons. The number of aliphatic carboxylic acids is 1. The first-order valence-electron chi connectivity index (χ1n) is 10.4. The summed E-state index contributed by atoms with van der Waals surface area (Å²) in [6, 6.07) is 7.38. The van der Waals surface area contributed by atoms with Crippen molar-refractivity contribution >= 4 is 29.4 Å². The van der Waals surface area contributed by atoms with Gasteiger partial charge in [-0.25, -0.2) is 0 Å². The molecule has 0 spiro atoms. The summed E-state index contributed by atoms with van der Waals surface area (Å²) < 4.78 is 0. The van der Waals surface area contributed by atoms with Crippen LogP contribution in [0.15, 0.2) is 36.4 Å². The van der Waals surface area contributed by atoms with Crippen LogP contribution in [-0.4, -0.2) is 70.3 Å². The summed E-state index contributed by atoms with van der Waals surface area (Å²) in [6.45, 7) is 1.08. The van der Waals surface area contributed by atoms with Crippen molar-refractivity contribution in [1.29, 1.82) is 0 Å². The Morgan fingerprint density at radius 2 is 1.76 bits per heavy atom. The number of nitrogens with zero attached hydrogens (tertiary/aromatic N) is 1. The van der Waals surface area contributed by atoms with Crippen molar-refractivity contribution in [1.82, 2.24) is 10.2 Å². The minimum Gasteiger partial charge on any atom is -0.508 e. The molecule has 2 aromatic rings. The molecule has 2 amide bonds. The highest BCUT2D eigenvalue weighted by molar-refractivity contribution is 6.31. The maximum Gasteiger partial charge on any atom is 0.323 e. The van der Waals surface area contributed by atoms with Crippen LogP contribution < -0.4 is 16.8 Å². The molecule has 0 heterocycles. The Morgan fingerprint density at radius 3 is 2.35 bits per heavy atom. The van der Waals surface area contributed by atoms with Crippen LogP contribution in [-0.2, 0) is 14.4 Å². The number of benzene rings is 2. The van der Waals surface area contributed by atoms with Gasteiger partial charge in [-0.2, -0.15) is 0 Å². The number of nitrogens with one attached hydrogen (secondary N) is 1. The molecule has 34 heavy (non-hydrogen) atoms. The van der Waals surface area contributed by atoms with Crippen LogP contribution in [0.4, 0.5) is 0 Å². The number of carboxylic acid groups (broad SMARTS) is 1. The van der Waals surface area contributed by atoms with E-state index in [4.69, 9.17) is 28.2 Å². The number of phenols is 1. The lowest BCUT2D eigenvalue weighted by atomic mass is 9.97. The summed E-state index contributed by atoms with van der Waals surface area (Å²) in [5.74, 6) is -2.99. The largest absolute Gasteiger partial charge is 0.508 e. The number of aryl methyl sites for hydroxylation is 1. The Balaban J connectivity index is 2.29. The Kier molecular flexibility index (Phi) is 9.39. The number of halogens is 1. The average Bonchev–Trinajstić information content (AvgIpc) is 2.79. The summed E-state index contributed by atoms with van der Waals surface area (Å²) in [4.78, 5) is 37.4. The van der Waals surface area contributed by atoms with Crippen molar-refractivity contribution in [3.63, 3.8) is 0 Å². The molecule has 0 bridgehead atoms. The molecule has 0 aliphatic rings. The van der Waals surface area contributed by atoms with E-state index in [0.717, 1.165) is 16.0 Å². The topological polar surface area (TPSA) is 179 Å². The van der Waals surface area contributed by atoms with E-state index in [-0.39, 0.29) is 24.3 Å². The van der Waals surface area contributed by atoms with Crippen molar-refractivity contribution in [2.24, 2.45) is 11.5 Å². The zero-order valence-corrected chi connectivity index (χ0v) is 19.6. The van der Waals surface area contributed by atoms with Gasteiger partial charge in [-0.05, 0) is 47.9 Å². The molecule has 8 N–H and O–H groups in total. The molecule has 0 aliphatic heterocycles. The minimum absolute atomic E-state index is 0.118. The molecular weight excluding hydrogens is 464 g/mol. The Hall–Kier alpha value is -3.18. The molecule has 1 unspecified atom stereocenters. The van der Waals surface area contributed by atoms with Gasteiger partial charge in [0.2, 0.25) is 11.8 Å². The zero-order valence-electron chi connectivity index (χ0n) is 18.9. The number of nitrogens with two attached hydrogens (primary N) is 2. The van der Waals surface area contributed by atoms with Crippen molar-refractivity contribution in [2.75, 3.05) is 20.1 Å². The van der Waals surface area contributed by atoms with Crippen LogP contribution in [0.5, 0.6) is 5.75 Å². The average molecular weight is 493 g/mol. The number of aromatic hydroxyl groups is 1. The molecule has 11 heteroatoms. The second kappa shape index (κ2) is 11.8. The predicted molar refractivity (Wildman–Crippen MR) is 127 cm³/mol. The molecule has 2 aromatic carbocycles. The quantitative estimate of drug-likeness (QED) is 0.281. The van der Waals surface area contributed by atoms with E-state index < -0.39 is 42.5 Å². The van der Waals surface area contributed by atoms with Gasteiger partial charge in [-0.3, -0.25) is 14.4 Å². The predicted octanol–water partition coefficient (Wildman–Crippen LogP) is 0.758. The number of carboxylic acids is 1. The van der Waals surface area contributed by atoms with Crippen LogP contribution in [0, 0.1) is 6.92 Å². The van der Waals surface area contributed by atoms with Crippen molar-refractivity contribution in [3.8, 4) is 16.9 Å². The highest BCUT2D eigenvalue weighted by Crippen LogP contribution is 2.31. The van der Waals surface area contributed by atoms with E-state index in [0.29, 0.717) is 10.6 Å². The van der Waals surface area contributed by atoms with Gasteiger partial charge in [0, 0.05) is 30.6 Å². The third-order valence-corrected chi connectivity index (χ3v) is 5.70. The van der Waals surface area contributed by atoms with Gasteiger partial charge in [0.05, 0.1) is 6.10 Å². The highest BCUT2D eigenvalue weighted by atomic mass is 35.5. The monoisotopic (exact) mass is 492 g/mol. The normalized spacial score (nSPS) is 13.6. The third-order valence-electron chi connectivity index (χ3n) is 5.28. The van der Waals surface area contributed by atoms with Gasteiger partial charge in [-0.1, -0.05) is 23.7 Å². The van der Waals surface area contributed by atoms with E-state index in [1.165, 1.54) is 13.1 Å². The van der Waals surface area contributed by atoms with Crippen LogP contribution in [0.2, 0.25) is 5.02 Å². The smallest absolute Gasteiger partial charge is 0.323 e. The number of carbonyl (C=O) groups is 3. The van der Waals surface area contributed by atoms with Gasteiger partial charge in [0.1, 0.15) is 24.4 Å². The molecule has 10 nitrogen and oxygen atoms in total. The van der Waals surface area contributed by atoms with Crippen LogP contribution in [0.1, 0.15) is 23.6 Å². The van der Waals surface area contributed by atoms with E-state index in [1.54, 1.807) is 24.3 Å². The molecule has 184 valence electrons. The molecule has 0 fully saturated rings. The second-order valence-corrected chi connectivity index (χ2v) is 8.40. The maximum atomic E-state index is 12.9. The van der Waals surface area contributed by atoms with E-state index in [9.17, 15) is 24.6 Å². The first-order valence-corrected chi connectivity index (χ1v) is 10.8. The second-order valence-electron chi connectivity index (χ2n) is 7.99. The SMILES string of the molecule is Cc1cc(-c2ccc(O)c(C(N)C(=O)N[C@@H](C[C@@H](O)CN)C(=O)N(C)CC(=O)O)c2)ccc1Cl. The zero-order chi connectivity index (χ0) is 25.6. The number of aliphatic hydroxyl groups excluding tert-OH is 1. The van der Waals surface area contributed by atoms with E-state index >= 15 is 0 Å². The lowest BCUT2D eigenvalue weighted by Gasteiger charge is -2.26. The van der Waals surface area contributed by atoms with Crippen LogP contribution in [0.25, 0.3) is 11.1 Å². The number of aliphatic hydroxyl groups is 1. The van der Waals surface area contributed by atoms with Crippen molar-refractivity contribution in [2.45, 2.75) is 31.5 Å². The van der Waals surface area contributed by atoms with Crippen molar-refractivity contribution in [3.05, 3.63) is 52.5 Å². The highest BCUT2D eigenvalue weighted by Gasteiger charge is 2.30. The number of rotatable bonds is 10. The minimum atomic E-state index is -1.36. The molecule has 0 saturated carbocycles. The van der Waals surface area contributed by atoms with Gasteiger partial charge >= 0.3 is 5.97 Å². The van der Waals surface area contributed by atoms with Gasteiger partial charge in [-0.15, -0.1) is 0 Å². The Bertz CT molecular complexity index is 1060. The molecular formula is C23H29ClN4O6. The van der Waals surface area contributed by atoms with Crippen LogP contribution >= 0.6 is 11.6 Å². The summed E-state index contributed by atoms with van der Waals surface area (Å²) in [7, 11) is 1.26. The Morgan fingerprint density at radius 1 is 1.15 bits per heavy atom. The fourth-order valence-corrected chi connectivity index (χ4v) is 3.46. The summed E-state index contributed by atoms with van der Waals surface area (Å²) in [5, 5.41) is 32.2. The van der Waals surface area contributed by atoms with Gasteiger partial charge in [0.25, 0.3) is 0 Å². The molecule has 0 aliphatic carbocycles. The lowest BCUT2D eigenvalue weighted by molar-refractivity contribution is -0.145. The fourth-order valence-electron chi connectivity index (χ4n) is 3.35. The molecule has 3 atom stereocenters. The molecule has 2 rings (SSSR count). The summed E-state index contributed by atoms with van der Waals surface area (Å²) in [5.41, 5.74) is 14.0. The number of phenolic OH excluding ortho intramolecular Hbond substituents is 1. The maximum absolute atomic E-state index is 12.9. The summed E-state index contributed by atoms with van der Waals surface area (Å²) in [6.07, 6.45) is -1.36. The fraction of sp³-hybridized carbons (Fsp3) is 0.348. The lowest BCUT2D eigenvalue weighted by Crippen LogP contribution is -2.52. The standard InChI is InChI=1S/C23H29ClN4O6/c1-12-7-13(3-5-17(12)24)14-4-6-19(30)16(8-14)21(26)22(33)27-18(9-15(29)10-25)23(34)28(2)11-20(31)32/h3-8,15,18,21,29-30H,9-11,25-26H2,1-2H3,(H,27,33)(H,31,32)/t15-,18+,21?/m1/s1. The van der Waals surface area contributed by atoms with E-state index in [1.807, 2.05) is 13.0 Å². The number of likely N-dealkylation sites (N-methyl/N-ethyl adjacent to an activating group) is 1. The first kappa shape index (κ1) is 27.1. The van der Waals surface area contributed by atoms with Gasteiger partial charge < -0.3 is 37.0 Å². The molecule has 0 aromatic heterocycles. The Labute approximate surface area is 202 Å². The molecule has 0 saturated heterocycles. The number of carbonyl (C=O) groups excluding carboxylic acids is 2.